The topological polar surface area (TPSA) is 59.1 Å². The van der Waals surface area contributed by atoms with Crippen molar-refractivity contribution in [1.29, 1.82) is 0 Å². The van der Waals surface area contributed by atoms with Gasteiger partial charge in [-0.1, -0.05) is 24.4 Å². The molecule has 2 fully saturated rings. The van der Waals surface area contributed by atoms with Gasteiger partial charge in [0.05, 0.1) is 25.2 Å². The zero-order valence-electron chi connectivity index (χ0n) is 14.5. The van der Waals surface area contributed by atoms with Crippen LogP contribution < -0.4 is 4.74 Å². The van der Waals surface area contributed by atoms with Gasteiger partial charge in [-0.05, 0) is 35.5 Å². The third-order valence-corrected chi connectivity index (χ3v) is 5.70. The average Bonchev–Trinajstić information content (AvgIpc) is 2.94. The molecule has 0 unspecified atom stereocenters. The van der Waals surface area contributed by atoms with Crippen molar-refractivity contribution < 1.29 is 19.1 Å². The highest BCUT2D eigenvalue weighted by Crippen LogP contribution is 2.33. The number of thioether (sulfide) groups is 1. The number of carbonyl (C=O) groups is 2. The Balaban J connectivity index is 1.60. The summed E-state index contributed by atoms with van der Waals surface area (Å²) in [6, 6.07) is 7.53. The Hall–Kier alpha value is -1.90. The smallest absolute Gasteiger partial charge is 0.291 e. The lowest BCUT2D eigenvalue weighted by Gasteiger charge is -2.27. The molecule has 0 aromatic heterocycles. The maximum atomic E-state index is 12.3. The molecule has 2 aliphatic rings. The minimum absolute atomic E-state index is 0.0292. The van der Waals surface area contributed by atoms with Gasteiger partial charge in [0.25, 0.3) is 5.24 Å². The summed E-state index contributed by atoms with van der Waals surface area (Å²) in [4.78, 5) is 29.0. The standard InChI is InChI=1S/C18H20N2O4S2/c1-23-14-4-2-13(3-5-14)12-15-17(25)20(18(22)26-15)7-6-16(21)19-8-10-24-11-9-19/h2-5,12H,6-11H2,1H3/b15-12+. The van der Waals surface area contributed by atoms with E-state index >= 15 is 0 Å². The number of nitrogens with zero attached hydrogens (tertiary/aromatic N) is 2. The molecule has 26 heavy (non-hydrogen) atoms. The predicted molar refractivity (Wildman–Crippen MR) is 105 cm³/mol. The minimum atomic E-state index is -0.135. The van der Waals surface area contributed by atoms with Gasteiger partial charge in [0, 0.05) is 26.1 Å². The maximum Gasteiger partial charge on any atom is 0.291 e. The summed E-state index contributed by atoms with van der Waals surface area (Å²) in [5.41, 5.74) is 0.940. The number of hydrogen-bond donors (Lipinski definition) is 0. The molecule has 2 aliphatic heterocycles. The summed E-state index contributed by atoms with van der Waals surface area (Å²) < 4.78 is 10.4. The Morgan fingerprint density at radius 1 is 1.31 bits per heavy atom. The van der Waals surface area contributed by atoms with Crippen LogP contribution in [0.5, 0.6) is 5.75 Å². The second kappa shape index (κ2) is 8.66. The summed E-state index contributed by atoms with van der Waals surface area (Å²) in [6.07, 6.45) is 2.15. The van der Waals surface area contributed by atoms with Crippen molar-refractivity contribution in [3.8, 4) is 5.75 Å². The summed E-state index contributed by atoms with van der Waals surface area (Å²) in [7, 11) is 1.62. The Bertz CT molecular complexity index is 727. The van der Waals surface area contributed by atoms with Gasteiger partial charge in [-0.2, -0.15) is 0 Å². The number of morpholine rings is 1. The number of hydrogen-bond acceptors (Lipinski definition) is 6. The van der Waals surface area contributed by atoms with Crippen LogP contribution in [0.25, 0.3) is 6.08 Å². The van der Waals surface area contributed by atoms with E-state index in [4.69, 9.17) is 21.7 Å². The summed E-state index contributed by atoms with van der Waals surface area (Å²) in [5.74, 6) is 0.801. The van der Waals surface area contributed by atoms with Gasteiger partial charge < -0.3 is 14.4 Å². The van der Waals surface area contributed by atoms with Gasteiger partial charge in [-0.25, -0.2) is 0 Å². The molecule has 8 heteroatoms. The van der Waals surface area contributed by atoms with E-state index in [1.54, 1.807) is 12.0 Å². The van der Waals surface area contributed by atoms with Crippen LogP contribution in [0.3, 0.4) is 0 Å². The molecule has 2 heterocycles. The van der Waals surface area contributed by atoms with Crippen LogP contribution in [-0.4, -0.2) is 65.9 Å². The summed E-state index contributed by atoms with van der Waals surface area (Å²) >= 11 is 6.55. The largest absolute Gasteiger partial charge is 0.497 e. The molecule has 138 valence electrons. The second-order valence-corrected chi connectivity index (χ2v) is 7.23. The molecule has 2 saturated heterocycles. The Kier molecular flexibility index (Phi) is 6.29. The number of carbonyl (C=O) groups excluding carboxylic acids is 2. The molecular weight excluding hydrogens is 372 g/mol. The number of benzene rings is 1. The zero-order valence-corrected chi connectivity index (χ0v) is 16.1. The van der Waals surface area contributed by atoms with Crippen molar-refractivity contribution in [2.75, 3.05) is 40.0 Å². The van der Waals surface area contributed by atoms with E-state index in [1.165, 1.54) is 4.90 Å². The molecule has 0 aliphatic carbocycles. The van der Waals surface area contributed by atoms with Gasteiger partial charge >= 0.3 is 0 Å². The van der Waals surface area contributed by atoms with Gasteiger partial charge in [0.1, 0.15) is 10.7 Å². The van der Waals surface area contributed by atoms with E-state index in [0.29, 0.717) is 37.8 Å². The SMILES string of the molecule is COc1ccc(/C=C2/SC(=O)N(CCC(=O)N3CCOCC3)C2=S)cc1. The van der Waals surface area contributed by atoms with Crippen molar-refractivity contribution in [2.24, 2.45) is 0 Å². The molecule has 0 saturated carbocycles. The lowest BCUT2D eigenvalue weighted by molar-refractivity contribution is -0.135. The lowest BCUT2D eigenvalue weighted by Crippen LogP contribution is -2.42. The quantitative estimate of drug-likeness (QED) is 0.567. The van der Waals surface area contributed by atoms with Crippen LogP contribution in [0.4, 0.5) is 4.79 Å². The number of thiocarbonyl (C=S) groups is 1. The molecule has 1 aromatic rings. The molecule has 0 bridgehead atoms. The van der Waals surface area contributed by atoms with Gasteiger partial charge in [-0.3, -0.25) is 14.5 Å². The van der Waals surface area contributed by atoms with Crippen molar-refractivity contribution in [3.63, 3.8) is 0 Å². The number of ether oxygens (including phenoxy) is 2. The van der Waals surface area contributed by atoms with Gasteiger partial charge in [0.15, 0.2) is 0 Å². The fourth-order valence-corrected chi connectivity index (χ4v) is 4.01. The Morgan fingerprint density at radius 3 is 2.65 bits per heavy atom. The van der Waals surface area contributed by atoms with Gasteiger partial charge in [-0.15, -0.1) is 0 Å². The summed E-state index contributed by atoms with van der Waals surface area (Å²) in [6.45, 7) is 2.65. The van der Waals surface area contributed by atoms with Crippen LogP contribution >= 0.6 is 24.0 Å². The second-order valence-electron chi connectivity index (χ2n) is 5.85. The van der Waals surface area contributed by atoms with Crippen molar-refractivity contribution >= 4 is 46.2 Å². The molecule has 0 N–H and O–H groups in total. The third kappa shape index (κ3) is 4.44. The maximum absolute atomic E-state index is 12.3. The first-order chi connectivity index (χ1) is 12.6. The highest BCUT2D eigenvalue weighted by Gasteiger charge is 2.32. The van der Waals surface area contributed by atoms with E-state index in [0.717, 1.165) is 28.0 Å². The number of rotatable bonds is 5. The highest BCUT2D eigenvalue weighted by molar-refractivity contribution is 8.19. The molecular formula is C18H20N2O4S2. The zero-order chi connectivity index (χ0) is 18.5. The minimum Gasteiger partial charge on any atom is -0.497 e. The Labute approximate surface area is 162 Å². The molecule has 1 aromatic carbocycles. The highest BCUT2D eigenvalue weighted by atomic mass is 32.2. The van der Waals surface area contributed by atoms with E-state index in [-0.39, 0.29) is 17.6 Å². The van der Waals surface area contributed by atoms with Crippen molar-refractivity contribution in [2.45, 2.75) is 6.42 Å². The van der Waals surface area contributed by atoms with Crippen LogP contribution in [0, 0.1) is 0 Å². The van der Waals surface area contributed by atoms with E-state index < -0.39 is 0 Å². The first kappa shape index (κ1) is 18.9. The van der Waals surface area contributed by atoms with E-state index in [1.807, 2.05) is 30.3 Å². The summed E-state index contributed by atoms with van der Waals surface area (Å²) in [5, 5.41) is -0.135. The molecule has 2 amide bonds. The van der Waals surface area contributed by atoms with Crippen LogP contribution in [0.15, 0.2) is 29.2 Å². The molecule has 0 atom stereocenters. The third-order valence-electron chi connectivity index (χ3n) is 4.20. The molecule has 6 nitrogen and oxygen atoms in total. The average molecular weight is 393 g/mol. The van der Waals surface area contributed by atoms with E-state index in [2.05, 4.69) is 0 Å². The normalized spacial score (nSPS) is 19.3. The first-order valence-electron chi connectivity index (χ1n) is 8.33. The lowest BCUT2D eigenvalue weighted by atomic mass is 10.2. The number of amides is 2. The molecule has 0 radical (unpaired) electrons. The monoisotopic (exact) mass is 392 g/mol. The Morgan fingerprint density at radius 2 is 2.00 bits per heavy atom. The molecule has 0 spiro atoms. The van der Waals surface area contributed by atoms with Crippen LogP contribution in [-0.2, 0) is 9.53 Å². The number of methoxy groups -OCH3 is 1. The van der Waals surface area contributed by atoms with Crippen molar-refractivity contribution in [3.05, 3.63) is 34.7 Å². The van der Waals surface area contributed by atoms with Crippen molar-refractivity contribution in [1.82, 2.24) is 9.80 Å². The van der Waals surface area contributed by atoms with Crippen LogP contribution in [0.2, 0.25) is 0 Å². The van der Waals surface area contributed by atoms with E-state index in [9.17, 15) is 9.59 Å². The van der Waals surface area contributed by atoms with Crippen LogP contribution in [0.1, 0.15) is 12.0 Å². The fraction of sp³-hybridized carbons (Fsp3) is 0.389. The predicted octanol–water partition coefficient (Wildman–Crippen LogP) is 2.78. The first-order valence-corrected chi connectivity index (χ1v) is 9.56. The fourth-order valence-electron chi connectivity index (χ4n) is 2.72. The van der Waals surface area contributed by atoms with Gasteiger partial charge in [0.2, 0.25) is 5.91 Å². The molecule has 3 rings (SSSR count).